The Bertz CT molecular complexity index is 523. The van der Waals surface area contributed by atoms with Crippen molar-refractivity contribution >= 4 is 5.82 Å². The minimum absolute atomic E-state index is 0.747. The molecule has 0 amide bonds. The predicted octanol–water partition coefficient (Wildman–Crippen LogP) is 2.32. The lowest BCUT2D eigenvalue weighted by Gasteiger charge is -2.04. The van der Waals surface area contributed by atoms with Crippen LogP contribution in [0.3, 0.4) is 0 Å². The Labute approximate surface area is 108 Å². The van der Waals surface area contributed by atoms with Crippen LogP contribution in [-0.2, 0) is 19.5 Å². The van der Waals surface area contributed by atoms with Gasteiger partial charge in [0.05, 0.1) is 6.20 Å². The fourth-order valence-corrected chi connectivity index (χ4v) is 2.15. The lowest BCUT2D eigenvalue weighted by molar-refractivity contribution is 0.660. The predicted molar refractivity (Wildman–Crippen MR) is 73.2 cm³/mol. The summed E-state index contributed by atoms with van der Waals surface area (Å²) in [6, 6.07) is 0. The van der Waals surface area contributed by atoms with E-state index in [4.69, 9.17) is 5.73 Å². The van der Waals surface area contributed by atoms with Gasteiger partial charge in [-0.2, -0.15) is 5.10 Å². The molecule has 98 valence electrons. The van der Waals surface area contributed by atoms with Crippen LogP contribution in [0.4, 0.5) is 5.82 Å². The fourth-order valence-electron chi connectivity index (χ4n) is 2.15. The van der Waals surface area contributed by atoms with Gasteiger partial charge in [-0.25, -0.2) is 4.98 Å². The van der Waals surface area contributed by atoms with E-state index in [9.17, 15) is 0 Å². The lowest BCUT2D eigenvalue weighted by Crippen LogP contribution is -2.05. The summed E-state index contributed by atoms with van der Waals surface area (Å²) in [4.78, 5) is 4.67. The van der Waals surface area contributed by atoms with E-state index in [-0.39, 0.29) is 0 Å². The molecule has 0 spiro atoms. The number of aryl methyl sites for hydroxylation is 2. The van der Waals surface area contributed by atoms with E-state index >= 15 is 0 Å². The van der Waals surface area contributed by atoms with E-state index in [0.29, 0.717) is 0 Å². The second-order valence-corrected chi connectivity index (χ2v) is 4.34. The maximum Gasteiger partial charge on any atom is 0.131 e. The fraction of sp³-hybridized carbons (Fsp3) is 0.538. The Morgan fingerprint density at radius 2 is 2.00 bits per heavy atom. The number of hydrogen-bond donors (Lipinski definition) is 1. The SMILES string of the molecule is CCCc1nc(-c2cnn(CC)c2)c(N)n1CC. The van der Waals surface area contributed by atoms with E-state index in [1.54, 1.807) is 0 Å². The summed E-state index contributed by atoms with van der Waals surface area (Å²) in [6.07, 6.45) is 5.86. The normalized spacial score (nSPS) is 11.1. The molecule has 0 aromatic carbocycles. The van der Waals surface area contributed by atoms with E-state index in [1.807, 2.05) is 17.1 Å². The number of aromatic nitrogens is 4. The van der Waals surface area contributed by atoms with Crippen molar-refractivity contribution in [2.75, 3.05) is 5.73 Å². The summed E-state index contributed by atoms with van der Waals surface area (Å²) in [5.74, 6) is 1.81. The molecule has 2 N–H and O–H groups in total. The first kappa shape index (κ1) is 12.7. The molecule has 0 unspecified atom stereocenters. The molecule has 0 aliphatic rings. The van der Waals surface area contributed by atoms with Crippen molar-refractivity contribution in [3.8, 4) is 11.3 Å². The van der Waals surface area contributed by atoms with Crippen LogP contribution in [0.15, 0.2) is 12.4 Å². The van der Waals surface area contributed by atoms with Gasteiger partial charge in [0.15, 0.2) is 0 Å². The number of nitrogens with two attached hydrogens (primary N) is 1. The van der Waals surface area contributed by atoms with Crippen LogP contribution in [-0.4, -0.2) is 19.3 Å². The van der Waals surface area contributed by atoms with E-state index in [0.717, 1.165) is 48.8 Å². The van der Waals surface area contributed by atoms with Crippen LogP contribution in [0.25, 0.3) is 11.3 Å². The van der Waals surface area contributed by atoms with E-state index < -0.39 is 0 Å². The Morgan fingerprint density at radius 3 is 2.56 bits per heavy atom. The molecular formula is C13H21N5. The molecule has 2 aromatic rings. The van der Waals surface area contributed by atoms with Gasteiger partial charge in [0.25, 0.3) is 0 Å². The zero-order valence-electron chi connectivity index (χ0n) is 11.3. The van der Waals surface area contributed by atoms with Gasteiger partial charge in [0, 0.05) is 31.3 Å². The zero-order valence-corrected chi connectivity index (χ0v) is 11.3. The number of anilines is 1. The lowest BCUT2D eigenvalue weighted by atomic mass is 10.2. The van der Waals surface area contributed by atoms with Crippen LogP contribution in [0.5, 0.6) is 0 Å². The van der Waals surface area contributed by atoms with Crippen LogP contribution in [0.2, 0.25) is 0 Å². The minimum Gasteiger partial charge on any atom is -0.383 e. The molecule has 0 aliphatic carbocycles. The molecule has 5 nitrogen and oxygen atoms in total. The summed E-state index contributed by atoms with van der Waals surface area (Å²) in [5, 5.41) is 4.27. The Kier molecular flexibility index (Phi) is 3.69. The highest BCUT2D eigenvalue weighted by atomic mass is 15.3. The minimum atomic E-state index is 0.747. The summed E-state index contributed by atoms with van der Waals surface area (Å²) in [7, 11) is 0. The number of hydrogen-bond acceptors (Lipinski definition) is 3. The number of nitrogen functional groups attached to an aromatic ring is 1. The first-order valence-corrected chi connectivity index (χ1v) is 6.58. The molecule has 2 heterocycles. The van der Waals surface area contributed by atoms with Gasteiger partial charge in [0.2, 0.25) is 0 Å². The van der Waals surface area contributed by atoms with Crippen molar-refractivity contribution in [2.24, 2.45) is 0 Å². The molecular weight excluding hydrogens is 226 g/mol. The molecule has 0 saturated heterocycles. The van der Waals surface area contributed by atoms with Crippen molar-refractivity contribution in [2.45, 2.75) is 46.7 Å². The smallest absolute Gasteiger partial charge is 0.131 e. The average Bonchev–Trinajstić information content (AvgIpc) is 2.94. The van der Waals surface area contributed by atoms with Gasteiger partial charge in [0.1, 0.15) is 17.3 Å². The standard InChI is InChI=1S/C13H21N5/c1-4-7-11-16-12(13(14)18(11)6-3)10-8-15-17(5-2)9-10/h8-9H,4-7,14H2,1-3H3. The third-order valence-corrected chi connectivity index (χ3v) is 3.11. The Balaban J connectivity index is 2.44. The monoisotopic (exact) mass is 247 g/mol. The summed E-state index contributed by atoms with van der Waals surface area (Å²) in [6.45, 7) is 8.02. The van der Waals surface area contributed by atoms with Crippen molar-refractivity contribution in [3.63, 3.8) is 0 Å². The van der Waals surface area contributed by atoms with Crippen LogP contribution >= 0.6 is 0 Å². The quantitative estimate of drug-likeness (QED) is 0.882. The number of rotatable bonds is 5. The van der Waals surface area contributed by atoms with E-state index in [1.165, 1.54) is 0 Å². The van der Waals surface area contributed by atoms with Crippen LogP contribution in [0.1, 0.15) is 33.0 Å². The molecule has 2 aromatic heterocycles. The van der Waals surface area contributed by atoms with Gasteiger partial charge in [-0.3, -0.25) is 4.68 Å². The summed E-state index contributed by atoms with van der Waals surface area (Å²) >= 11 is 0. The van der Waals surface area contributed by atoms with Crippen molar-refractivity contribution in [3.05, 3.63) is 18.2 Å². The Morgan fingerprint density at radius 1 is 1.22 bits per heavy atom. The third kappa shape index (κ3) is 2.12. The molecule has 0 fully saturated rings. The Hall–Kier alpha value is -1.78. The first-order valence-electron chi connectivity index (χ1n) is 6.58. The maximum atomic E-state index is 6.19. The van der Waals surface area contributed by atoms with Crippen molar-refractivity contribution in [1.29, 1.82) is 0 Å². The zero-order chi connectivity index (χ0) is 13.1. The third-order valence-electron chi connectivity index (χ3n) is 3.11. The first-order chi connectivity index (χ1) is 8.71. The van der Waals surface area contributed by atoms with Gasteiger partial charge < -0.3 is 10.3 Å². The topological polar surface area (TPSA) is 61.7 Å². The molecule has 2 rings (SSSR count). The summed E-state index contributed by atoms with van der Waals surface area (Å²) in [5.41, 5.74) is 8.05. The van der Waals surface area contributed by atoms with Crippen molar-refractivity contribution in [1.82, 2.24) is 19.3 Å². The second-order valence-electron chi connectivity index (χ2n) is 4.34. The van der Waals surface area contributed by atoms with E-state index in [2.05, 4.69) is 35.4 Å². The summed E-state index contributed by atoms with van der Waals surface area (Å²) < 4.78 is 3.97. The molecule has 5 heteroatoms. The van der Waals surface area contributed by atoms with Gasteiger partial charge in [-0.15, -0.1) is 0 Å². The second kappa shape index (κ2) is 5.25. The number of imidazole rings is 1. The molecule has 18 heavy (non-hydrogen) atoms. The molecule has 0 saturated carbocycles. The van der Waals surface area contributed by atoms with Crippen LogP contribution < -0.4 is 5.73 Å². The largest absolute Gasteiger partial charge is 0.383 e. The highest BCUT2D eigenvalue weighted by molar-refractivity contribution is 5.69. The average molecular weight is 247 g/mol. The highest BCUT2D eigenvalue weighted by Crippen LogP contribution is 2.26. The molecule has 0 atom stereocenters. The van der Waals surface area contributed by atoms with Gasteiger partial charge in [-0.1, -0.05) is 6.92 Å². The molecule has 0 radical (unpaired) electrons. The number of nitrogens with zero attached hydrogens (tertiary/aromatic N) is 4. The maximum absolute atomic E-state index is 6.19. The highest BCUT2D eigenvalue weighted by Gasteiger charge is 2.15. The molecule has 0 aliphatic heterocycles. The van der Waals surface area contributed by atoms with Crippen molar-refractivity contribution < 1.29 is 0 Å². The van der Waals surface area contributed by atoms with Crippen LogP contribution in [0, 0.1) is 0 Å². The molecule has 0 bridgehead atoms. The van der Waals surface area contributed by atoms with Gasteiger partial charge in [-0.05, 0) is 20.3 Å². The van der Waals surface area contributed by atoms with Gasteiger partial charge >= 0.3 is 0 Å².